The molecule has 2 aromatic heterocycles. The van der Waals surface area contributed by atoms with E-state index in [1.165, 1.54) is 12.1 Å². The van der Waals surface area contributed by atoms with E-state index in [9.17, 15) is 4.39 Å². The molecule has 0 aliphatic rings. The van der Waals surface area contributed by atoms with Gasteiger partial charge >= 0.3 is 0 Å². The number of pyridine rings is 1. The molecule has 2 aromatic carbocycles. The highest BCUT2D eigenvalue weighted by molar-refractivity contribution is 5.78. The van der Waals surface area contributed by atoms with Gasteiger partial charge in [0.25, 0.3) is 0 Å². The molecular formula is C19H15FN4. The van der Waals surface area contributed by atoms with Crippen molar-refractivity contribution in [2.45, 2.75) is 6.04 Å². The fourth-order valence-corrected chi connectivity index (χ4v) is 2.83. The topological polar surface area (TPSA) is 56.7 Å². The third-order valence-corrected chi connectivity index (χ3v) is 4.01. The number of halogens is 1. The van der Waals surface area contributed by atoms with Crippen molar-refractivity contribution in [2.75, 3.05) is 0 Å². The van der Waals surface area contributed by atoms with E-state index in [4.69, 9.17) is 10.7 Å². The van der Waals surface area contributed by atoms with Crippen molar-refractivity contribution in [3.63, 3.8) is 0 Å². The lowest BCUT2D eigenvalue weighted by atomic mass is 10.1. The molecule has 0 radical (unpaired) electrons. The summed E-state index contributed by atoms with van der Waals surface area (Å²) in [6.45, 7) is 0. The Hall–Kier alpha value is -3.05. The summed E-state index contributed by atoms with van der Waals surface area (Å²) in [5.74, 6) is 0.428. The van der Waals surface area contributed by atoms with Gasteiger partial charge in [0.05, 0.1) is 17.1 Å². The van der Waals surface area contributed by atoms with Gasteiger partial charge in [-0.3, -0.25) is 9.55 Å². The SMILES string of the molecule is NC(c1ccncc1)c1nc2ccccc2n1-c1ccc(F)cc1. The predicted molar refractivity (Wildman–Crippen MR) is 91.3 cm³/mol. The number of benzene rings is 2. The second kappa shape index (κ2) is 5.86. The highest BCUT2D eigenvalue weighted by Crippen LogP contribution is 2.27. The standard InChI is InChI=1S/C19H15FN4/c20-14-5-7-15(8-6-14)24-17-4-2-1-3-16(17)23-19(24)18(21)13-9-11-22-12-10-13/h1-12,18H,21H2. The largest absolute Gasteiger partial charge is 0.318 e. The number of rotatable bonds is 3. The molecule has 2 heterocycles. The van der Waals surface area contributed by atoms with Crippen LogP contribution in [0.2, 0.25) is 0 Å². The Bertz CT molecular complexity index is 977. The first-order chi connectivity index (χ1) is 11.7. The summed E-state index contributed by atoms with van der Waals surface area (Å²) in [5, 5.41) is 0. The van der Waals surface area contributed by atoms with E-state index in [0.717, 1.165) is 22.3 Å². The minimum Gasteiger partial charge on any atom is -0.318 e. The van der Waals surface area contributed by atoms with E-state index < -0.39 is 6.04 Å². The molecule has 0 saturated heterocycles. The average Bonchev–Trinajstić information content (AvgIpc) is 3.02. The maximum Gasteiger partial charge on any atom is 0.136 e. The molecule has 2 N–H and O–H groups in total. The van der Waals surface area contributed by atoms with Gasteiger partial charge in [0.2, 0.25) is 0 Å². The van der Waals surface area contributed by atoms with Crippen LogP contribution in [0.4, 0.5) is 4.39 Å². The van der Waals surface area contributed by atoms with Gasteiger partial charge in [-0.1, -0.05) is 12.1 Å². The molecule has 1 atom stereocenters. The maximum absolute atomic E-state index is 13.3. The van der Waals surface area contributed by atoms with Crippen molar-refractivity contribution < 1.29 is 4.39 Å². The lowest BCUT2D eigenvalue weighted by molar-refractivity contribution is 0.627. The summed E-state index contributed by atoms with van der Waals surface area (Å²) in [6.07, 6.45) is 3.42. The Morgan fingerprint density at radius 3 is 2.38 bits per heavy atom. The summed E-state index contributed by atoms with van der Waals surface area (Å²) >= 11 is 0. The predicted octanol–water partition coefficient (Wildman–Crippen LogP) is 3.61. The molecule has 0 bridgehead atoms. The van der Waals surface area contributed by atoms with E-state index in [1.807, 2.05) is 41.0 Å². The third kappa shape index (κ3) is 2.45. The zero-order valence-corrected chi connectivity index (χ0v) is 12.8. The Morgan fingerprint density at radius 1 is 0.917 bits per heavy atom. The Morgan fingerprint density at radius 2 is 1.62 bits per heavy atom. The number of fused-ring (bicyclic) bond motifs is 1. The molecule has 1 unspecified atom stereocenters. The van der Waals surface area contributed by atoms with Gasteiger partial charge in [-0.25, -0.2) is 9.37 Å². The zero-order valence-electron chi connectivity index (χ0n) is 12.8. The summed E-state index contributed by atoms with van der Waals surface area (Å²) < 4.78 is 15.3. The number of nitrogens with two attached hydrogens (primary N) is 1. The number of nitrogens with zero attached hydrogens (tertiary/aromatic N) is 3. The van der Waals surface area contributed by atoms with Gasteiger partial charge in [-0.2, -0.15) is 0 Å². The maximum atomic E-state index is 13.3. The van der Waals surface area contributed by atoms with Gasteiger partial charge in [0.1, 0.15) is 11.6 Å². The molecule has 0 spiro atoms. The molecule has 0 aliphatic carbocycles. The van der Waals surface area contributed by atoms with Crippen molar-refractivity contribution in [3.8, 4) is 5.69 Å². The number of hydrogen-bond acceptors (Lipinski definition) is 3. The van der Waals surface area contributed by atoms with E-state index in [0.29, 0.717) is 5.82 Å². The Balaban J connectivity index is 1.95. The lowest BCUT2D eigenvalue weighted by Crippen LogP contribution is -2.17. The van der Waals surface area contributed by atoms with Crippen LogP contribution in [-0.2, 0) is 0 Å². The second-order valence-corrected chi connectivity index (χ2v) is 5.53. The van der Waals surface area contributed by atoms with Gasteiger partial charge in [-0.05, 0) is 54.1 Å². The molecule has 0 saturated carbocycles. The number of aromatic nitrogens is 3. The van der Waals surface area contributed by atoms with Crippen molar-refractivity contribution in [1.82, 2.24) is 14.5 Å². The average molecular weight is 318 g/mol. The molecule has 4 nitrogen and oxygen atoms in total. The van der Waals surface area contributed by atoms with Gasteiger partial charge in [-0.15, -0.1) is 0 Å². The number of imidazole rings is 1. The molecule has 4 aromatic rings. The molecule has 0 amide bonds. The third-order valence-electron chi connectivity index (χ3n) is 4.01. The summed E-state index contributed by atoms with van der Waals surface area (Å²) in [7, 11) is 0. The molecule has 5 heteroatoms. The quantitative estimate of drug-likeness (QED) is 0.628. The van der Waals surface area contributed by atoms with Crippen molar-refractivity contribution in [1.29, 1.82) is 0 Å². The first-order valence-corrected chi connectivity index (χ1v) is 7.63. The highest BCUT2D eigenvalue weighted by Gasteiger charge is 2.19. The fraction of sp³-hybridized carbons (Fsp3) is 0.0526. The summed E-state index contributed by atoms with van der Waals surface area (Å²) in [5.41, 5.74) is 9.99. The van der Waals surface area contributed by atoms with E-state index in [1.54, 1.807) is 24.5 Å². The fourth-order valence-electron chi connectivity index (χ4n) is 2.83. The van der Waals surface area contributed by atoms with Crippen LogP contribution in [0.15, 0.2) is 73.1 Å². The van der Waals surface area contributed by atoms with Crippen LogP contribution in [-0.4, -0.2) is 14.5 Å². The molecular weight excluding hydrogens is 303 g/mol. The Kier molecular flexibility index (Phi) is 3.55. The first kappa shape index (κ1) is 14.5. The normalized spacial score (nSPS) is 12.4. The van der Waals surface area contributed by atoms with Crippen LogP contribution in [0.1, 0.15) is 17.4 Å². The summed E-state index contributed by atoms with van der Waals surface area (Å²) in [6, 6.07) is 17.5. The molecule has 0 fully saturated rings. The van der Waals surface area contributed by atoms with Crippen molar-refractivity contribution >= 4 is 11.0 Å². The van der Waals surface area contributed by atoms with Crippen LogP contribution in [0.3, 0.4) is 0 Å². The lowest BCUT2D eigenvalue weighted by Gasteiger charge is -2.15. The van der Waals surface area contributed by atoms with Crippen LogP contribution < -0.4 is 5.73 Å². The van der Waals surface area contributed by atoms with Crippen molar-refractivity contribution in [3.05, 3.63) is 90.3 Å². The number of para-hydroxylation sites is 2. The van der Waals surface area contributed by atoms with Gasteiger partial charge in [0, 0.05) is 18.1 Å². The molecule has 118 valence electrons. The van der Waals surface area contributed by atoms with E-state index >= 15 is 0 Å². The highest BCUT2D eigenvalue weighted by atomic mass is 19.1. The number of hydrogen-bond donors (Lipinski definition) is 1. The molecule has 24 heavy (non-hydrogen) atoms. The molecule has 0 aliphatic heterocycles. The van der Waals surface area contributed by atoms with Crippen LogP contribution in [0.5, 0.6) is 0 Å². The van der Waals surface area contributed by atoms with Crippen LogP contribution in [0, 0.1) is 5.82 Å². The zero-order chi connectivity index (χ0) is 16.5. The van der Waals surface area contributed by atoms with Crippen LogP contribution >= 0.6 is 0 Å². The summed E-state index contributed by atoms with van der Waals surface area (Å²) in [4.78, 5) is 8.74. The van der Waals surface area contributed by atoms with E-state index in [-0.39, 0.29) is 5.82 Å². The van der Waals surface area contributed by atoms with Crippen molar-refractivity contribution in [2.24, 2.45) is 5.73 Å². The van der Waals surface area contributed by atoms with E-state index in [2.05, 4.69) is 4.98 Å². The van der Waals surface area contributed by atoms with Crippen LogP contribution in [0.25, 0.3) is 16.7 Å². The minimum absolute atomic E-state index is 0.275. The molecule has 4 rings (SSSR count). The smallest absolute Gasteiger partial charge is 0.136 e. The van der Waals surface area contributed by atoms with Gasteiger partial charge in [0.15, 0.2) is 0 Å². The first-order valence-electron chi connectivity index (χ1n) is 7.63. The second-order valence-electron chi connectivity index (χ2n) is 5.53. The Labute approximate surface area is 138 Å². The monoisotopic (exact) mass is 318 g/mol. The minimum atomic E-state index is -0.412. The van der Waals surface area contributed by atoms with Gasteiger partial charge < -0.3 is 5.73 Å².